The van der Waals surface area contributed by atoms with Crippen molar-refractivity contribution in [1.82, 2.24) is 4.90 Å². The van der Waals surface area contributed by atoms with Crippen LogP contribution in [0.25, 0.3) is 0 Å². The summed E-state index contributed by atoms with van der Waals surface area (Å²) >= 11 is 6.48. The lowest BCUT2D eigenvalue weighted by Crippen LogP contribution is -2.34. The number of hydrogen-bond acceptors (Lipinski definition) is 1. The van der Waals surface area contributed by atoms with Crippen molar-refractivity contribution in [2.24, 2.45) is 11.3 Å². The molecule has 0 N–H and O–H groups in total. The molecule has 0 aromatic heterocycles. The first-order chi connectivity index (χ1) is 14.8. The molecule has 0 spiro atoms. The number of unbranched alkanes of at least 4 members (excludes halogenated alkanes) is 7. The van der Waals surface area contributed by atoms with E-state index in [-0.39, 0.29) is 5.91 Å². The second-order valence-corrected chi connectivity index (χ2v) is 11.2. The fourth-order valence-electron chi connectivity index (χ4n) is 4.58. The summed E-state index contributed by atoms with van der Waals surface area (Å²) in [5.41, 5.74) is 3.16. The van der Waals surface area contributed by atoms with Crippen LogP contribution in [0.2, 0.25) is 5.02 Å². The molecule has 0 unspecified atom stereocenters. The predicted molar refractivity (Wildman–Crippen MR) is 131 cm³/mol. The summed E-state index contributed by atoms with van der Waals surface area (Å²) in [5.74, 6) is 7.35. The summed E-state index contributed by atoms with van der Waals surface area (Å²) in [4.78, 5) is 14.8. The summed E-state index contributed by atoms with van der Waals surface area (Å²) in [6.07, 6.45) is 13.9. The average Bonchev–Trinajstić information content (AvgIpc) is 3.48. The number of halogens is 1. The SMILES string of the molecule is C[C@@H](C1CC1)N1Cc2cc(C#CCCCCCCCCCC(C)(C)C)cc(Cl)c2C1=O. The van der Waals surface area contributed by atoms with Crippen LogP contribution in [-0.4, -0.2) is 16.8 Å². The molecule has 170 valence electrons. The molecule has 3 rings (SSSR count). The summed E-state index contributed by atoms with van der Waals surface area (Å²) in [5, 5.41) is 0.559. The molecule has 1 fully saturated rings. The molecule has 1 saturated carbocycles. The van der Waals surface area contributed by atoms with Crippen LogP contribution >= 0.6 is 11.6 Å². The number of amides is 1. The fraction of sp³-hybridized carbons (Fsp3) is 0.679. The lowest BCUT2D eigenvalue weighted by molar-refractivity contribution is 0.0697. The molecule has 31 heavy (non-hydrogen) atoms. The first-order valence-electron chi connectivity index (χ1n) is 12.4. The van der Waals surface area contributed by atoms with Crippen molar-refractivity contribution in [2.45, 2.75) is 111 Å². The van der Waals surface area contributed by atoms with Gasteiger partial charge in [0.1, 0.15) is 0 Å². The average molecular weight is 442 g/mol. The van der Waals surface area contributed by atoms with Crippen LogP contribution in [0.1, 0.15) is 120 Å². The maximum Gasteiger partial charge on any atom is 0.256 e. The van der Waals surface area contributed by atoms with Crippen molar-refractivity contribution in [2.75, 3.05) is 0 Å². The van der Waals surface area contributed by atoms with E-state index in [0.717, 1.165) is 17.5 Å². The minimum absolute atomic E-state index is 0.0947. The summed E-state index contributed by atoms with van der Waals surface area (Å²) in [6.45, 7) is 9.83. The van der Waals surface area contributed by atoms with Gasteiger partial charge in [0.15, 0.2) is 0 Å². The standard InChI is InChI=1S/C28H40ClNO/c1-21(23-15-16-23)30-20-24-18-22(19-25(29)26(24)27(30)31)14-12-10-8-6-5-7-9-11-13-17-28(2,3)4/h18-19,21,23H,5-11,13,15-17,20H2,1-4H3/t21-/m0/s1. The maximum absolute atomic E-state index is 12.8. The molecule has 1 aliphatic carbocycles. The second kappa shape index (κ2) is 10.9. The van der Waals surface area contributed by atoms with Crippen molar-refractivity contribution in [3.8, 4) is 11.8 Å². The van der Waals surface area contributed by atoms with Crippen LogP contribution < -0.4 is 0 Å². The molecule has 1 aliphatic heterocycles. The topological polar surface area (TPSA) is 20.3 Å². The monoisotopic (exact) mass is 441 g/mol. The lowest BCUT2D eigenvalue weighted by atomic mass is 9.89. The highest BCUT2D eigenvalue weighted by molar-refractivity contribution is 6.34. The van der Waals surface area contributed by atoms with E-state index in [2.05, 4.69) is 45.6 Å². The highest BCUT2D eigenvalue weighted by atomic mass is 35.5. The van der Waals surface area contributed by atoms with Gasteiger partial charge >= 0.3 is 0 Å². The van der Waals surface area contributed by atoms with Gasteiger partial charge in [-0.25, -0.2) is 0 Å². The molecule has 1 aromatic rings. The van der Waals surface area contributed by atoms with Crippen molar-refractivity contribution < 1.29 is 4.79 Å². The minimum Gasteiger partial charge on any atom is -0.331 e. The Balaban J connectivity index is 1.37. The Morgan fingerprint density at radius 3 is 2.35 bits per heavy atom. The number of carbonyl (C=O) groups excluding carboxylic acids is 1. The van der Waals surface area contributed by atoms with Gasteiger partial charge in [-0.1, -0.05) is 82.7 Å². The van der Waals surface area contributed by atoms with Gasteiger partial charge < -0.3 is 4.90 Å². The molecule has 1 amide bonds. The number of rotatable bonds is 10. The Labute approximate surface area is 195 Å². The van der Waals surface area contributed by atoms with E-state index in [4.69, 9.17) is 11.6 Å². The predicted octanol–water partition coefficient (Wildman–Crippen LogP) is 8.00. The summed E-state index contributed by atoms with van der Waals surface area (Å²) in [7, 11) is 0. The van der Waals surface area contributed by atoms with E-state index in [9.17, 15) is 4.79 Å². The smallest absolute Gasteiger partial charge is 0.256 e. The van der Waals surface area contributed by atoms with E-state index >= 15 is 0 Å². The highest BCUT2D eigenvalue weighted by Gasteiger charge is 2.39. The normalized spacial score (nSPS) is 16.8. The van der Waals surface area contributed by atoms with Crippen LogP contribution in [-0.2, 0) is 6.54 Å². The number of fused-ring (bicyclic) bond motifs is 1. The quantitative estimate of drug-likeness (QED) is 0.266. The third kappa shape index (κ3) is 7.28. The van der Waals surface area contributed by atoms with E-state index in [1.807, 2.05) is 11.0 Å². The van der Waals surface area contributed by atoms with Crippen molar-refractivity contribution >= 4 is 17.5 Å². The number of carbonyl (C=O) groups is 1. The van der Waals surface area contributed by atoms with Crippen LogP contribution in [0.15, 0.2) is 12.1 Å². The molecule has 0 radical (unpaired) electrons. The third-order valence-electron chi connectivity index (χ3n) is 6.74. The largest absolute Gasteiger partial charge is 0.331 e. The molecule has 1 aromatic carbocycles. The molecule has 1 heterocycles. The number of hydrogen-bond donors (Lipinski definition) is 0. The Kier molecular flexibility index (Phi) is 8.51. The maximum atomic E-state index is 12.8. The van der Waals surface area contributed by atoms with Crippen LogP contribution in [0.3, 0.4) is 0 Å². The summed E-state index contributed by atoms with van der Waals surface area (Å²) < 4.78 is 0. The van der Waals surface area contributed by atoms with Crippen LogP contribution in [0.5, 0.6) is 0 Å². The van der Waals surface area contributed by atoms with E-state index in [0.29, 0.717) is 34.5 Å². The third-order valence-corrected chi connectivity index (χ3v) is 7.04. The zero-order valence-electron chi connectivity index (χ0n) is 20.0. The number of nitrogens with zero attached hydrogens (tertiary/aromatic N) is 1. The van der Waals surface area contributed by atoms with Gasteiger partial charge in [0, 0.05) is 24.6 Å². The van der Waals surface area contributed by atoms with Gasteiger partial charge in [-0.3, -0.25) is 4.79 Å². The molecule has 0 saturated heterocycles. The van der Waals surface area contributed by atoms with Crippen LogP contribution in [0, 0.1) is 23.2 Å². The van der Waals surface area contributed by atoms with Gasteiger partial charge in [0.25, 0.3) is 5.91 Å². The zero-order valence-corrected chi connectivity index (χ0v) is 20.8. The Morgan fingerprint density at radius 1 is 1.06 bits per heavy atom. The Hall–Kier alpha value is -1.46. The molecule has 3 heteroatoms. The van der Waals surface area contributed by atoms with Gasteiger partial charge in [0.2, 0.25) is 0 Å². The highest BCUT2D eigenvalue weighted by Crippen LogP contribution is 2.39. The van der Waals surface area contributed by atoms with Gasteiger partial charge in [0.05, 0.1) is 10.6 Å². The second-order valence-electron chi connectivity index (χ2n) is 10.8. The minimum atomic E-state index is 0.0947. The van der Waals surface area contributed by atoms with E-state index < -0.39 is 0 Å². The van der Waals surface area contributed by atoms with E-state index in [1.54, 1.807) is 0 Å². The number of benzene rings is 1. The molecular formula is C28H40ClNO. The molecule has 2 nitrogen and oxygen atoms in total. The first kappa shape index (κ1) is 24.2. The zero-order chi connectivity index (χ0) is 22.4. The first-order valence-corrected chi connectivity index (χ1v) is 12.8. The summed E-state index contributed by atoms with van der Waals surface area (Å²) in [6, 6.07) is 4.25. The lowest BCUT2D eigenvalue weighted by Gasteiger charge is -2.23. The van der Waals surface area contributed by atoms with E-state index in [1.165, 1.54) is 64.2 Å². The Bertz CT molecular complexity index is 822. The van der Waals surface area contributed by atoms with Gasteiger partial charge in [-0.2, -0.15) is 0 Å². The fourth-order valence-corrected chi connectivity index (χ4v) is 4.90. The van der Waals surface area contributed by atoms with Crippen molar-refractivity contribution in [1.29, 1.82) is 0 Å². The molecule has 2 aliphatic rings. The molecule has 0 bridgehead atoms. The van der Waals surface area contributed by atoms with Gasteiger partial charge in [-0.15, -0.1) is 0 Å². The molecule has 1 atom stereocenters. The van der Waals surface area contributed by atoms with Crippen LogP contribution in [0.4, 0.5) is 0 Å². The Morgan fingerprint density at radius 2 is 1.71 bits per heavy atom. The van der Waals surface area contributed by atoms with Crippen molar-refractivity contribution in [3.05, 3.63) is 33.8 Å². The van der Waals surface area contributed by atoms with Crippen molar-refractivity contribution in [3.63, 3.8) is 0 Å². The van der Waals surface area contributed by atoms with Gasteiger partial charge in [-0.05, 0) is 61.6 Å². The molecular weight excluding hydrogens is 402 g/mol.